The van der Waals surface area contributed by atoms with Gasteiger partial charge in [-0.15, -0.1) is 11.3 Å². The molecule has 1 aromatic heterocycles. The molecule has 0 bridgehead atoms. The third kappa shape index (κ3) is 4.36. The highest BCUT2D eigenvalue weighted by Crippen LogP contribution is 2.24. The zero-order valence-electron chi connectivity index (χ0n) is 13.7. The number of halogens is 1. The lowest BCUT2D eigenvalue weighted by Crippen LogP contribution is -2.49. The van der Waals surface area contributed by atoms with Crippen molar-refractivity contribution in [2.45, 2.75) is 19.5 Å². The molecule has 2 heterocycles. The molecule has 0 aliphatic carbocycles. The Hall–Kier alpha value is -1.40. The molecule has 1 aromatic carbocycles. The van der Waals surface area contributed by atoms with Crippen LogP contribution in [0.3, 0.4) is 0 Å². The lowest BCUT2D eigenvalue weighted by molar-refractivity contribution is -0.123. The van der Waals surface area contributed by atoms with Crippen LogP contribution in [0.15, 0.2) is 35.7 Å². The van der Waals surface area contributed by atoms with Crippen LogP contribution in [-0.4, -0.2) is 37.0 Å². The van der Waals surface area contributed by atoms with Crippen molar-refractivity contribution in [2.24, 2.45) is 0 Å². The van der Waals surface area contributed by atoms with Crippen LogP contribution >= 0.6 is 22.9 Å². The highest BCUT2D eigenvalue weighted by atomic mass is 35.5. The molecule has 1 fully saturated rings. The Labute approximate surface area is 151 Å². The molecule has 3 rings (SSSR count). The molecule has 24 heavy (non-hydrogen) atoms. The zero-order chi connectivity index (χ0) is 16.9. The lowest BCUT2D eigenvalue weighted by atomic mass is 10.0. The van der Waals surface area contributed by atoms with Gasteiger partial charge in [-0.3, -0.25) is 9.69 Å². The van der Waals surface area contributed by atoms with Crippen molar-refractivity contribution in [1.29, 1.82) is 0 Å². The summed E-state index contributed by atoms with van der Waals surface area (Å²) in [5, 5.41) is 9.23. The number of hydrogen-bond donors (Lipinski definition) is 2. The van der Waals surface area contributed by atoms with Crippen molar-refractivity contribution >= 4 is 28.8 Å². The summed E-state index contributed by atoms with van der Waals surface area (Å²) in [4.78, 5) is 15.8. The topological polar surface area (TPSA) is 44.4 Å². The van der Waals surface area contributed by atoms with E-state index in [0.717, 1.165) is 30.2 Å². The van der Waals surface area contributed by atoms with Gasteiger partial charge in [-0.2, -0.15) is 0 Å². The SMILES string of the molecule is Cc1ccsc1CNC(=O)CN1CCNCC1c1cccc(Cl)c1. The monoisotopic (exact) mass is 363 g/mol. The summed E-state index contributed by atoms with van der Waals surface area (Å²) in [6.45, 7) is 5.66. The molecule has 1 aliphatic heterocycles. The largest absolute Gasteiger partial charge is 0.350 e. The molecule has 0 spiro atoms. The molecule has 1 saturated heterocycles. The van der Waals surface area contributed by atoms with E-state index in [1.807, 2.05) is 18.2 Å². The number of hydrogen-bond acceptors (Lipinski definition) is 4. The van der Waals surface area contributed by atoms with Gasteiger partial charge in [0.1, 0.15) is 0 Å². The van der Waals surface area contributed by atoms with Gasteiger partial charge in [0, 0.05) is 35.6 Å². The fourth-order valence-electron chi connectivity index (χ4n) is 2.98. The maximum Gasteiger partial charge on any atom is 0.234 e. The fraction of sp³-hybridized carbons (Fsp3) is 0.389. The van der Waals surface area contributed by atoms with Gasteiger partial charge >= 0.3 is 0 Å². The minimum atomic E-state index is 0.0664. The minimum Gasteiger partial charge on any atom is -0.350 e. The Balaban J connectivity index is 1.61. The maximum absolute atomic E-state index is 12.4. The Morgan fingerprint density at radius 2 is 2.33 bits per heavy atom. The molecular formula is C18H22ClN3OS. The summed E-state index contributed by atoms with van der Waals surface area (Å²) in [7, 11) is 0. The molecule has 1 amide bonds. The first-order valence-corrected chi connectivity index (χ1v) is 9.39. The molecule has 128 valence electrons. The quantitative estimate of drug-likeness (QED) is 0.858. The number of amides is 1. The van der Waals surface area contributed by atoms with Crippen molar-refractivity contribution in [3.05, 3.63) is 56.7 Å². The first-order valence-electron chi connectivity index (χ1n) is 8.13. The lowest BCUT2D eigenvalue weighted by Gasteiger charge is -2.36. The van der Waals surface area contributed by atoms with Crippen LogP contribution in [0, 0.1) is 6.92 Å². The van der Waals surface area contributed by atoms with Gasteiger partial charge in [0.2, 0.25) is 5.91 Å². The standard InChI is InChI=1S/C18H22ClN3OS/c1-13-5-8-24-17(13)11-21-18(23)12-22-7-6-20-10-16(22)14-3-2-4-15(19)9-14/h2-5,8-9,16,20H,6-7,10-12H2,1H3,(H,21,23). The molecule has 2 N–H and O–H groups in total. The van der Waals surface area contributed by atoms with Gasteiger partial charge in [0.05, 0.1) is 13.1 Å². The van der Waals surface area contributed by atoms with E-state index in [1.54, 1.807) is 11.3 Å². The Morgan fingerprint density at radius 3 is 3.08 bits per heavy atom. The Morgan fingerprint density at radius 1 is 1.46 bits per heavy atom. The maximum atomic E-state index is 12.4. The van der Waals surface area contributed by atoms with Gasteiger partial charge < -0.3 is 10.6 Å². The molecule has 4 nitrogen and oxygen atoms in total. The number of nitrogens with one attached hydrogen (secondary N) is 2. The number of carbonyl (C=O) groups excluding carboxylic acids is 1. The molecule has 1 unspecified atom stereocenters. The molecular weight excluding hydrogens is 342 g/mol. The highest BCUT2D eigenvalue weighted by molar-refractivity contribution is 7.10. The molecule has 0 radical (unpaired) electrons. The van der Waals surface area contributed by atoms with E-state index in [-0.39, 0.29) is 11.9 Å². The van der Waals surface area contributed by atoms with Crippen molar-refractivity contribution in [1.82, 2.24) is 15.5 Å². The van der Waals surface area contributed by atoms with Crippen LogP contribution in [0.2, 0.25) is 5.02 Å². The van der Waals surface area contributed by atoms with E-state index >= 15 is 0 Å². The summed E-state index contributed by atoms with van der Waals surface area (Å²) in [5.74, 6) is 0.0664. The summed E-state index contributed by atoms with van der Waals surface area (Å²) in [5.41, 5.74) is 2.39. The Bertz CT molecular complexity index is 703. The number of piperazine rings is 1. The average Bonchev–Trinajstić information content (AvgIpc) is 2.98. The summed E-state index contributed by atoms with van der Waals surface area (Å²) < 4.78 is 0. The van der Waals surface area contributed by atoms with E-state index in [9.17, 15) is 4.79 Å². The van der Waals surface area contributed by atoms with Gasteiger partial charge in [-0.05, 0) is 41.6 Å². The van der Waals surface area contributed by atoms with Crippen LogP contribution in [0.25, 0.3) is 0 Å². The fourth-order valence-corrected chi connectivity index (χ4v) is 4.03. The summed E-state index contributed by atoms with van der Waals surface area (Å²) in [6.07, 6.45) is 0. The second-order valence-corrected chi connectivity index (χ2v) is 7.49. The predicted octanol–water partition coefficient (Wildman–Crippen LogP) is 2.97. The molecule has 1 aliphatic rings. The van der Waals surface area contributed by atoms with E-state index in [4.69, 9.17) is 11.6 Å². The number of rotatable bonds is 5. The summed E-state index contributed by atoms with van der Waals surface area (Å²) in [6, 6.07) is 10.2. The van der Waals surface area contributed by atoms with Gasteiger partial charge in [-0.25, -0.2) is 0 Å². The van der Waals surface area contributed by atoms with Gasteiger partial charge in [0.25, 0.3) is 0 Å². The van der Waals surface area contributed by atoms with Crippen molar-refractivity contribution in [2.75, 3.05) is 26.2 Å². The first kappa shape index (κ1) is 17.4. The minimum absolute atomic E-state index is 0.0664. The third-order valence-electron chi connectivity index (χ3n) is 4.35. The van der Waals surface area contributed by atoms with E-state index < -0.39 is 0 Å². The van der Waals surface area contributed by atoms with Crippen LogP contribution in [-0.2, 0) is 11.3 Å². The number of benzene rings is 1. The van der Waals surface area contributed by atoms with Crippen LogP contribution in [0.4, 0.5) is 0 Å². The number of nitrogens with zero attached hydrogens (tertiary/aromatic N) is 1. The van der Waals surface area contributed by atoms with E-state index in [2.05, 4.69) is 40.0 Å². The van der Waals surface area contributed by atoms with Gasteiger partial charge in [0.15, 0.2) is 0 Å². The summed E-state index contributed by atoms with van der Waals surface area (Å²) >= 11 is 7.81. The van der Waals surface area contributed by atoms with E-state index in [0.29, 0.717) is 13.1 Å². The Kier molecular flexibility index (Phi) is 5.89. The first-order chi connectivity index (χ1) is 11.6. The molecule has 0 saturated carbocycles. The van der Waals surface area contributed by atoms with Crippen LogP contribution in [0.1, 0.15) is 22.0 Å². The molecule has 2 aromatic rings. The van der Waals surface area contributed by atoms with Crippen LogP contribution < -0.4 is 10.6 Å². The zero-order valence-corrected chi connectivity index (χ0v) is 15.3. The number of aryl methyl sites for hydroxylation is 1. The highest BCUT2D eigenvalue weighted by Gasteiger charge is 2.25. The number of carbonyl (C=O) groups is 1. The van der Waals surface area contributed by atoms with Crippen molar-refractivity contribution in [3.63, 3.8) is 0 Å². The van der Waals surface area contributed by atoms with Crippen LogP contribution in [0.5, 0.6) is 0 Å². The van der Waals surface area contributed by atoms with Crippen molar-refractivity contribution in [3.8, 4) is 0 Å². The van der Waals surface area contributed by atoms with E-state index in [1.165, 1.54) is 10.4 Å². The smallest absolute Gasteiger partial charge is 0.234 e. The third-order valence-corrected chi connectivity index (χ3v) is 5.61. The normalized spacial score (nSPS) is 18.5. The second-order valence-electron chi connectivity index (χ2n) is 6.05. The van der Waals surface area contributed by atoms with Gasteiger partial charge in [-0.1, -0.05) is 23.7 Å². The average molecular weight is 364 g/mol. The van der Waals surface area contributed by atoms with Crippen molar-refractivity contribution < 1.29 is 4.79 Å². The number of thiophene rings is 1. The predicted molar refractivity (Wildman–Crippen MR) is 99.5 cm³/mol. The molecule has 6 heteroatoms. The molecule has 1 atom stereocenters. The second kappa shape index (κ2) is 8.12.